The van der Waals surface area contributed by atoms with Crippen LogP contribution >= 0.6 is 0 Å². The van der Waals surface area contributed by atoms with Crippen molar-refractivity contribution < 1.29 is 5.11 Å². The van der Waals surface area contributed by atoms with Crippen molar-refractivity contribution in [2.75, 3.05) is 0 Å². The first-order valence-corrected chi connectivity index (χ1v) is 5.70. The van der Waals surface area contributed by atoms with Crippen LogP contribution in [0.5, 0.6) is 0 Å². The van der Waals surface area contributed by atoms with Crippen LogP contribution in [0.1, 0.15) is 29.8 Å². The molecule has 1 heterocycles. The second kappa shape index (κ2) is 4.60. The summed E-state index contributed by atoms with van der Waals surface area (Å²) in [5, 5.41) is 9.71. The Kier molecular flexibility index (Phi) is 3.16. The molecule has 1 aliphatic rings. The van der Waals surface area contributed by atoms with Crippen LogP contribution in [-0.2, 0) is 0 Å². The molecule has 0 saturated heterocycles. The molecule has 1 atom stereocenters. The fraction of sp³-hybridized carbons (Fsp3) is 0.200. The number of hydrogen-bond acceptors (Lipinski definition) is 1. The molecule has 0 spiro atoms. The summed E-state index contributed by atoms with van der Waals surface area (Å²) in [7, 11) is 0. The van der Waals surface area contributed by atoms with E-state index in [1.54, 1.807) is 12.2 Å². The third-order valence-electron chi connectivity index (χ3n) is 3.16. The second-order valence-electron chi connectivity index (χ2n) is 4.23. The first-order valence-electron chi connectivity index (χ1n) is 5.70. The van der Waals surface area contributed by atoms with E-state index < -0.39 is 0 Å². The molecule has 2 rings (SSSR count). The Labute approximate surface area is 102 Å². The molecule has 1 aromatic heterocycles. The molecule has 0 amide bonds. The minimum Gasteiger partial charge on any atom is -0.392 e. The van der Waals surface area contributed by atoms with Crippen molar-refractivity contribution in [2.45, 2.75) is 18.9 Å². The van der Waals surface area contributed by atoms with Gasteiger partial charge < -0.3 is 10.1 Å². The molecule has 1 aliphatic carbocycles. The third-order valence-corrected chi connectivity index (χ3v) is 3.16. The molecule has 0 fully saturated rings. The summed E-state index contributed by atoms with van der Waals surface area (Å²) in [6.07, 6.45) is 6.48. The zero-order valence-electron chi connectivity index (χ0n) is 9.87. The van der Waals surface area contributed by atoms with Crippen molar-refractivity contribution in [1.29, 1.82) is 0 Å². The van der Waals surface area contributed by atoms with Crippen LogP contribution in [-0.4, -0.2) is 16.2 Å². The Morgan fingerprint density at radius 2 is 1.94 bits per heavy atom. The maximum absolute atomic E-state index is 9.71. The number of aliphatic hydroxyl groups excluding tert-OH is 1. The van der Waals surface area contributed by atoms with Crippen molar-refractivity contribution in [3.05, 3.63) is 54.4 Å². The molecule has 88 valence electrons. The summed E-state index contributed by atoms with van der Waals surface area (Å²) >= 11 is 0. The van der Waals surface area contributed by atoms with Gasteiger partial charge >= 0.3 is 0 Å². The van der Waals surface area contributed by atoms with Gasteiger partial charge in [0.15, 0.2) is 0 Å². The van der Waals surface area contributed by atoms with E-state index in [4.69, 9.17) is 0 Å². The Hall–Kier alpha value is -1.80. The molecule has 1 aromatic rings. The highest BCUT2D eigenvalue weighted by Gasteiger charge is 2.22. The number of H-pyrrole nitrogens is 1. The molecule has 1 unspecified atom stereocenters. The maximum Gasteiger partial charge on any atom is 0.0621 e. The van der Waals surface area contributed by atoms with Crippen LogP contribution in [0, 0.1) is 0 Å². The van der Waals surface area contributed by atoms with E-state index in [2.05, 4.69) is 24.7 Å². The minimum absolute atomic E-state index is 0.291. The van der Waals surface area contributed by atoms with Crippen LogP contribution in [0.3, 0.4) is 0 Å². The molecular weight excluding hydrogens is 210 g/mol. The fourth-order valence-corrected chi connectivity index (χ4v) is 2.29. The highest BCUT2D eigenvalue weighted by Crippen LogP contribution is 2.35. The topological polar surface area (TPSA) is 36.0 Å². The summed E-state index contributed by atoms with van der Waals surface area (Å²) < 4.78 is 0. The van der Waals surface area contributed by atoms with Crippen LogP contribution in [0.2, 0.25) is 0 Å². The lowest BCUT2D eigenvalue weighted by Gasteiger charge is -2.01. The van der Waals surface area contributed by atoms with Crippen LogP contribution in [0.4, 0.5) is 0 Å². The lowest BCUT2D eigenvalue weighted by Crippen LogP contribution is -1.98. The molecule has 0 bridgehead atoms. The molecule has 2 nitrogen and oxygen atoms in total. The highest BCUT2D eigenvalue weighted by atomic mass is 16.3. The Bertz CT molecular complexity index is 479. The van der Waals surface area contributed by atoms with E-state index in [0.717, 1.165) is 28.1 Å². The van der Waals surface area contributed by atoms with Gasteiger partial charge in [-0.1, -0.05) is 31.9 Å². The number of rotatable bonds is 4. The number of aromatic nitrogens is 1. The molecule has 0 aromatic carbocycles. The summed E-state index contributed by atoms with van der Waals surface area (Å²) in [4.78, 5) is 3.30. The normalized spacial score (nSPS) is 19.5. The molecule has 0 saturated carbocycles. The largest absolute Gasteiger partial charge is 0.392 e. The Morgan fingerprint density at radius 1 is 1.18 bits per heavy atom. The van der Waals surface area contributed by atoms with Crippen molar-refractivity contribution in [3.8, 4) is 0 Å². The Morgan fingerprint density at radius 3 is 2.47 bits per heavy atom. The lowest BCUT2D eigenvalue weighted by molar-refractivity contribution is 0.189. The first-order chi connectivity index (χ1) is 8.19. The lowest BCUT2D eigenvalue weighted by atomic mass is 10.1. The van der Waals surface area contributed by atoms with Crippen molar-refractivity contribution in [2.24, 2.45) is 0 Å². The second-order valence-corrected chi connectivity index (χ2v) is 4.23. The van der Waals surface area contributed by atoms with Gasteiger partial charge in [-0.05, 0) is 35.3 Å². The quantitative estimate of drug-likeness (QED) is 0.812. The van der Waals surface area contributed by atoms with Gasteiger partial charge in [0.05, 0.1) is 6.10 Å². The summed E-state index contributed by atoms with van der Waals surface area (Å²) in [6.45, 7) is 11.3. The first kappa shape index (κ1) is 11.7. The van der Waals surface area contributed by atoms with E-state index in [-0.39, 0.29) is 6.10 Å². The van der Waals surface area contributed by atoms with Crippen molar-refractivity contribution in [1.82, 2.24) is 4.98 Å². The predicted octanol–water partition coefficient (Wildman–Crippen LogP) is 3.40. The molecule has 0 aliphatic heterocycles. The summed E-state index contributed by atoms with van der Waals surface area (Å²) in [6, 6.07) is 2.04. The number of nitrogens with one attached hydrogen (secondary N) is 1. The van der Waals surface area contributed by atoms with Crippen LogP contribution in [0.25, 0.3) is 17.7 Å². The predicted molar refractivity (Wildman–Crippen MR) is 73.3 cm³/mol. The highest BCUT2D eigenvalue weighted by molar-refractivity contribution is 5.75. The number of hydrogen-bond donors (Lipinski definition) is 2. The monoisotopic (exact) mass is 227 g/mol. The fourth-order valence-electron chi connectivity index (χ4n) is 2.29. The molecule has 17 heavy (non-hydrogen) atoms. The number of allylic oxidation sites excluding steroid dienone is 1. The zero-order valence-corrected chi connectivity index (χ0v) is 9.87. The third kappa shape index (κ3) is 2.04. The van der Waals surface area contributed by atoms with E-state index in [0.29, 0.717) is 12.8 Å². The number of aromatic amines is 1. The van der Waals surface area contributed by atoms with Crippen molar-refractivity contribution >= 4 is 17.7 Å². The van der Waals surface area contributed by atoms with E-state index >= 15 is 0 Å². The Balaban J connectivity index is 2.46. The minimum atomic E-state index is -0.291. The smallest absolute Gasteiger partial charge is 0.0621 e. The van der Waals surface area contributed by atoms with Gasteiger partial charge in [0.25, 0.3) is 0 Å². The molecule has 2 heteroatoms. The van der Waals surface area contributed by atoms with Gasteiger partial charge in [0.2, 0.25) is 0 Å². The zero-order chi connectivity index (χ0) is 12.4. The van der Waals surface area contributed by atoms with Gasteiger partial charge in [-0.15, -0.1) is 0 Å². The van der Waals surface area contributed by atoms with Gasteiger partial charge in [0.1, 0.15) is 0 Å². The van der Waals surface area contributed by atoms with Crippen molar-refractivity contribution in [3.63, 3.8) is 0 Å². The van der Waals surface area contributed by atoms with Crippen LogP contribution < -0.4 is 0 Å². The molecular formula is C15H17NO. The standard InChI is InChI=1S/C15H17NO/c1-4-10-7-12(17)9-13(10)15-8-11(5-2)14(6-3)16-15/h4-6,8,12,16-17H,1-3,7,9H2. The molecule has 2 N–H and O–H groups in total. The van der Waals surface area contributed by atoms with Gasteiger partial charge in [-0.3, -0.25) is 0 Å². The van der Waals surface area contributed by atoms with E-state index in [1.165, 1.54) is 0 Å². The van der Waals surface area contributed by atoms with Crippen LogP contribution in [0.15, 0.2) is 37.5 Å². The van der Waals surface area contributed by atoms with Gasteiger partial charge in [0, 0.05) is 17.8 Å². The van der Waals surface area contributed by atoms with E-state index in [1.807, 2.05) is 12.1 Å². The average Bonchev–Trinajstić information content (AvgIpc) is 2.91. The van der Waals surface area contributed by atoms with E-state index in [9.17, 15) is 5.11 Å². The summed E-state index contributed by atoms with van der Waals surface area (Å²) in [5.41, 5.74) is 5.29. The summed E-state index contributed by atoms with van der Waals surface area (Å²) in [5.74, 6) is 0. The SMILES string of the molecule is C=CC1=C(c2cc(C=C)c(C=C)[nH]2)CC(O)C1. The number of aliphatic hydroxyl groups is 1. The maximum atomic E-state index is 9.71. The van der Waals surface area contributed by atoms with Gasteiger partial charge in [-0.25, -0.2) is 0 Å². The average molecular weight is 227 g/mol. The molecule has 0 radical (unpaired) electrons. The van der Waals surface area contributed by atoms with Gasteiger partial charge in [-0.2, -0.15) is 0 Å².